The number of carbonyl (C=O) groups is 2. The fourth-order valence-corrected chi connectivity index (χ4v) is 2.54. The van der Waals surface area contributed by atoms with E-state index in [0.29, 0.717) is 11.1 Å². The number of benzene rings is 2. The highest BCUT2D eigenvalue weighted by molar-refractivity contribution is 5.94. The van der Waals surface area contributed by atoms with Crippen LogP contribution in [-0.4, -0.2) is 17.7 Å². The molecule has 3 rings (SSSR count). The van der Waals surface area contributed by atoms with E-state index in [0.717, 1.165) is 5.56 Å². The highest BCUT2D eigenvalue weighted by atomic mass is 16.6. The van der Waals surface area contributed by atoms with Crippen molar-refractivity contribution < 1.29 is 23.5 Å². The number of esters is 1. The number of hydrogen-bond donors (Lipinski definition) is 1. The summed E-state index contributed by atoms with van der Waals surface area (Å²) in [5.41, 5.74) is -0.244. The van der Waals surface area contributed by atoms with Crippen LogP contribution < -0.4 is 10.9 Å². The number of rotatable bonds is 4. The molecule has 0 atom stereocenters. The minimum Gasteiger partial charge on any atom is -0.456 e. The van der Waals surface area contributed by atoms with Crippen molar-refractivity contribution in [1.29, 1.82) is 0 Å². The second kappa shape index (κ2) is 8.18. The zero-order valence-corrected chi connectivity index (χ0v) is 16.4. The summed E-state index contributed by atoms with van der Waals surface area (Å²) >= 11 is 0. The lowest BCUT2D eigenvalue weighted by Gasteiger charge is -2.19. The maximum Gasteiger partial charge on any atom is 0.411 e. The van der Waals surface area contributed by atoms with E-state index in [-0.39, 0.29) is 17.8 Å². The predicted octanol–water partition coefficient (Wildman–Crippen LogP) is 4.50. The molecule has 150 valence electrons. The van der Waals surface area contributed by atoms with Crippen LogP contribution in [0.5, 0.6) is 0 Å². The van der Waals surface area contributed by atoms with E-state index >= 15 is 0 Å². The van der Waals surface area contributed by atoms with Gasteiger partial charge in [0, 0.05) is 17.1 Å². The van der Waals surface area contributed by atoms with Crippen LogP contribution in [0.15, 0.2) is 63.8 Å². The Labute approximate surface area is 167 Å². The molecule has 2 aromatic carbocycles. The molecule has 1 N–H and O–H groups in total. The second-order valence-corrected chi connectivity index (χ2v) is 7.39. The van der Waals surface area contributed by atoms with Gasteiger partial charge in [0.15, 0.2) is 0 Å². The van der Waals surface area contributed by atoms with Crippen LogP contribution in [0.4, 0.5) is 10.5 Å². The van der Waals surface area contributed by atoms with Crippen LogP contribution in [0.25, 0.3) is 11.0 Å². The molecule has 0 aliphatic heterocycles. The average molecular weight is 395 g/mol. The van der Waals surface area contributed by atoms with Gasteiger partial charge < -0.3 is 13.9 Å². The van der Waals surface area contributed by atoms with Gasteiger partial charge in [-0.1, -0.05) is 30.3 Å². The molecule has 0 bridgehead atoms. The zero-order valence-electron chi connectivity index (χ0n) is 16.4. The van der Waals surface area contributed by atoms with Gasteiger partial charge in [0.2, 0.25) is 0 Å². The monoisotopic (exact) mass is 395 g/mol. The highest BCUT2D eigenvalue weighted by Gasteiger charge is 2.22. The van der Waals surface area contributed by atoms with Gasteiger partial charge in [-0.05, 0) is 44.5 Å². The minimum atomic E-state index is -0.810. The lowest BCUT2D eigenvalue weighted by molar-refractivity contribution is 0.00653. The molecule has 0 spiro atoms. The molecular weight excluding hydrogens is 374 g/mol. The van der Waals surface area contributed by atoms with Gasteiger partial charge in [0.05, 0.1) is 0 Å². The number of fused-ring (bicyclic) bond motifs is 1. The fourth-order valence-electron chi connectivity index (χ4n) is 2.54. The third-order valence-electron chi connectivity index (χ3n) is 3.81. The third kappa shape index (κ3) is 5.44. The van der Waals surface area contributed by atoms with Gasteiger partial charge in [0.1, 0.15) is 23.4 Å². The highest BCUT2D eigenvalue weighted by Crippen LogP contribution is 2.20. The fraction of sp³-hybridized carbons (Fsp3) is 0.227. The lowest BCUT2D eigenvalue weighted by atomic mass is 10.1. The van der Waals surface area contributed by atoms with E-state index < -0.39 is 23.3 Å². The van der Waals surface area contributed by atoms with Gasteiger partial charge in [-0.2, -0.15) is 0 Å². The third-order valence-corrected chi connectivity index (χ3v) is 3.81. The second-order valence-electron chi connectivity index (χ2n) is 7.39. The Bertz CT molecular complexity index is 1100. The van der Waals surface area contributed by atoms with Crippen molar-refractivity contribution in [1.82, 2.24) is 0 Å². The Balaban J connectivity index is 1.73. The molecule has 1 heterocycles. The molecular formula is C22H21NO6. The maximum atomic E-state index is 12.2. The Kier molecular flexibility index (Phi) is 5.68. The molecule has 7 heteroatoms. The molecule has 7 nitrogen and oxygen atoms in total. The smallest absolute Gasteiger partial charge is 0.411 e. The molecule has 0 unspecified atom stereocenters. The first kappa shape index (κ1) is 20.1. The summed E-state index contributed by atoms with van der Waals surface area (Å²) in [6.07, 6.45) is -0.638. The van der Waals surface area contributed by atoms with Crippen LogP contribution in [0, 0.1) is 0 Å². The van der Waals surface area contributed by atoms with E-state index in [1.165, 1.54) is 12.1 Å². The molecule has 29 heavy (non-hydrogen) atoms. The largest absolute Gasteiger partial charge is 0.456 e. The van der Waals surface area contributed by atoms with Crippen molar-refractivity contribution in [2.24, 2.45) is 0 Å². The Morgan fingerprint density at radius 2 is 1.76 bits per heavy atom. The number of anilines is 1. The molecule has 0 saturated heterocycles. The lowest BCUT2D eigenvalue weighted by Crippen LogP contribution is -2.27. The van der Waals surface area contributed by atoms with E-state index in [1.807, 2.05) is 30.3 Å². The summed E-state index contributed by atoms with van der Waals surface area (Å²) in [6, 6.07) is 15.4. The number of carbonyl (C=O) groups excluding carboxylic acids is 2. The van der Waals surface area contributed by atoms with Gasteiger partial charge in [0.25, 0.3) is 0 Å². The standard InChI is InChI=1S/C22H21NO6/c1-22(2,3)29-20(25)17-11-15-9-10-16(12-18(15)28-19(17)24)23-21(26)27-13-14-7-5-4-6-8-14/h4-12H,13H2,1-3H3,(H,23,26). The van der Waals surface area contributed by atoms with E-state index in [1.54, 1.807) is 32.9 Å². The number of amides is 1. The molecule has 0 aliphatic carbocycles. The van der Waals surface area contributed by atoms with Crippen LogP contribution in [0.3, 0.4) is 0 Å². The summed E-state index contributed by atoms with van der Waals surface area (Å²) in [7, 11) is 0. The molecule has 0 saturated carbocycles. The van der Waals surface area contributed by atoms with Crippen molar-refractivity contribution in [3.05, 3.63) is 76.1 Å². The van der Waals surface area contributed by atoms with Crippen molar-refractivity contribution in [2.45, 2.75) is 33.0 Å². The summed E-state index contributed by atoms with van der Waals surface area (Å²) in [5.74, 6) is -0.750. The number of hydrogen-bond acceptors (Lipinski definition) is 6. The van der Waals surface area contributed by atoms with E-state index in [2.05, 4.69) is 5.32 Å². The molecule has 1 aromatic heterocycles. The van der Waals surface area contributed by atoms with E-state index in [4.69, 9.17) is 13.9 Å². The number of ether oxygens (including phenoxy) is 2. The first-order valence-electron chi connectivity index (χ1n) is 9.00. The van der Waals surface area contributed by atoms with Gasteiger partial charge in [-0.3, -0.25) is 5.32 Å². The first-order valence-corrected chi connectivity index (χ1v) is 9.00. The Morgan fingerprint density at radius 1 is 1.03 bits per heavy atom. The van der Waals surface area contributed by atoms with Crippen molar-refractivity contribution in [3.63, 3.8) is 0 Å². The van der Waals surface area contributed by atoms with Crippen molar-refractivity contribution in [2.75, 3.05) is 5.32 Å². The summed E-state index contributed by atoms with van der Waals surface area (Å²) in [6.45, 7) is 5.27. The van der Waals surface area contributed by atoms with Crippen molar-refractivity contribution >= 4 is 28.7 Å². The topological polar surface area (TPSA) is 94.8 Å². The van der Waals surface area contributed by atoms with Gasteiger partial charge >= 0.3 is 17.7 Å². The molecule has 1 amide bonds. The predicted molar refractivity (Wildman–Crippen MR) is 108 cm³/mol. The summed E-state index contributed by atoms with van der Waals surface area (Å²) in [4.78, 5) is 36.3. The molecule has 0 fully saturated rings. The molecule has 3 aromatic rings. The molecule has 0 aliphatic rings. The van der Waals surface area contributed by atoms with Gasteiger partial charge in [-0.25, -0.2) is 14.4 Å². The normalized spacial score (nSPS) is 11.1. The van der Waals surface area contributed by atoms with Crippen LogP contribution in [0.1, 0.15) is 36.7 Å². The quantitative estimate of drug-likeness (QED) is 0.516. The van der Waals surface area contributed by atoms with Crippen LogP contribution in [-0.2, 0) is 16.1 Å². The Morgan fingerprint density at radius 3 is 2.45 bits per heavy atom. The van der Waals surface area contributed by atoms with E-state index in [9.17, 15) is 14.4 Å². The summed E-state index contributed by atoms with van der Waals surface area (Å²) < 4.78 is 15.6. The Hall–Kier alpha value is -3.61. The number of nitrogens with one attached hydrogen (secondary N) is 1. The van der Waals surface area contributed by atoms with Crippen LogP contribution >= 0.6 is 0 Å². The first-order chi connectivity index (χ1) is 13.7. The zero-order chi connectivity index (χ0) is 21.0. The van der Waals surface area contributed by atoms with Crippen LogP contribution in [0.2, 0.25) is 0 Å². The average Bonchev–Trinajstić information content (AvgIpc) is 2.65. The summed E-state index contributed by atoms with van der Waals surface area (Å²) in [5, 5.41) is 3.10. The maximum absolute atomic E-state index is 12.2. The van der Waals surface area contributed by atoms with Gasteiger partial charge in [-0.15, -0.1) is 0 Å². The SMILES string of the molecule is CC(C)(C)OC(=O)c1cc2ccc(NC(=O)OCc3ccccc3)cc2oc1=O. The molecule has 0 radical (unpaired) electrons. The van der Waals surface area contributed by atoms with Crippen molar-refractivity contribution in [3.8, 4) is 0 Å². The minimum absolute atomic E-state index is 0.134.